The van der Waals surface area contributed by atoms with Crippen molar-refractivity contribution in [3.8, 4) is 0 Å². The van der Waals surface area contributed by atoms with Gasteiger partial charge in [0.2, 0.25) is 5.95 Å². The first-order valence-corrected chi connectivity index (χ1v) is 10.7. The maximum Gasteiger partial charge on any atom is 0.311 e. The lowest BCUT2D eigenvalue weighted by molar-refractivity contribution is -0.177. The van der Waals surface area contributed by atoms with Gasteiger partial charge in [0.1, 0.15) is 12.7 Å². The van der Waals surface area contributed by atoms with Crippen LogP contribution in [0, 0.1) is 0 Å². The van der Waals surface area contributed by atoms with Crippen molar-refractivity contribution in [3.05, 3.63) is 15.9 Å². The zero-order valence-electron chi connectivity index (χ0n) is 18.6. The summed E-state index contributed by atoms with van der Waals surface area (Å²) in [5.74, 6) is -3.06. The van der Waals surface area contributed by atoms with Crippen molar-refractivity contribution in [1.82, 2.24) is 14.5 Å². The number of hydrogen-bond donors (Lipinski definition) is 1. The number of fused-ring (bicyclic) bond motifs is 1. The van der Waals surface area contributed by atoms with E-state index in [2.05, 4.69) is 9.97 Å². The molecule has 1 aliphatic rings. The first kappa shape index (κ1) is 25.0. The van der Waals surface area contributed by atoms with Crippen LogP contribution in [0.1, 0.15) is 33.9 Å². The molecule has 0 amide bonds. The fourth-order valence-corrected chi connectivity index (χ4v) is 4.31. The van der Waals surface area contributed by atoms with Crippen LogP contribution in [-0.2, 0) is 42.9 Å². The van der Waals surface area contributed by atoms with E-state index < -0.39 is 66.0 Å². The zero-order chi connectivity index (χ0) is 25.2. The van der Waals surface area contributed by atoms with Gasteiger partial charge in [-0.05, 0) is 0 Å². The van der Waals surface area contributed by atoms with E-state index in [1.807, 2.05) is 0 Å². The molecule has 0 spiro atoms. The molecule has 3 heterocycles. The molecule has 0 aliphatic carbocycles. The van der Waals surface area contributed by atoms with Crippen molar-refractivity contribution >= 4 is 51.5 Å². The van der Waals surface area contributed by atoms with E-state index >= 15 is 0 Å². The highest BCUT2D eigenvalue weighted by atomic mass is 32.1. The fraction of sp³-hybridized carbons (Fsp3) is 0.526. The average Bonchev–Trinajstić information content (AvgIpc) is 3.20. The van der Waals surface area contributed by atoms with E-state index in [1.165, 1.54) is 6.20 Å². The van der Waals surface area contributed by atoms with Crippen molar-refractivity contribution in [1.29, 1.82) is 0 Å². The Hall–Kier alpha value is -3.59. The minimum Gasteiger partial charge on any atom is -0.462 e. The normalized spacial score (nSPS) is 22.7. The van der Waals surface area contributed by atoms with Gasteiger partial charge in [0.15, 0.2) is 30.2 Å². The molecule has 1 unspecified atom stereocenters. The highest BCUT2D eigenvalue weighted by Gasteiger charge is 2.55. The molecule has 2 aromatic heterocycles. The molecule has 34 heavy (non-hydrogen) atoms. The molecule has 1 saturated heterocycles. The van der Waals surface area contributed by atoms with Gasteiger partial charge >= 0.3 is 28.8 Å². The Balaban J connectivity index is 2.13. The van der Waals surface area contributed by atoms with E-state index in [1.54, 1.807) is 0 Å². The van der Waals surface area contributed by atoms with Crippen molar-refractivity contribution in [2.45, 2.75) is 58.3 Å². The van der Waals surface area contributed by atoms with Crippen molar-refractivity contribution in [3.63, 3.8) is 0 Å². The third kappa shape index (κ3) is 5.48. The van der Waals surface area contributed by atoms with Crippen LogP contribution in [0.2, 0.25) is 0 Å². The molecule has 1 aliphatic heterocycles. The van der Waals surface area contributed by atoms with Gasteiger partial charge in [-0.1, -0.05) is 11.3 Å². The summed E-state index contributed by atoms with van der Waals surface area (Å²) in [4.78, 5) is 67.1. The molecular formula is C19H22N4O10S. The van der Waals surface area contributed by atoms with Gasteiger partial charge in [0, 0.05) is 27.7 Å². The van der Waals surface area contributed by atoms with Gasteiger partial charge in [-0.3, -0.25) is 28.5 Å². The molecule has 2 N–H and O–H groups in total. The lowest BCUT2D eigenvalue weighted by atomic mass is 10.0. The molecule has 0 bridgehead atoms. The summed E-state index contributed by atoms with van der Waals surface area (Å²) in [6.45, 7) is 4.05. The van der Waals surface area contributed by atoms with Crippen LogP contribution in [-0.4, -0.2) is 69.4 Å². The Labute approximate surface area is 195 Å². The summed E-state index contributed by atoms with van der Waals surface area (Å²) in [5.41, 5.74) is 5.77. The minimum absolute atomic E-state index is 0.0934. The Morgan fingerprint density at radius 2 is 1.74 bits per heavy atom. The number of carbonyl (C=O) groups excluding carboxylic acids is 4. The zero-order valence-corrected chi connectivity index (χ0v) is 19.4. The lowest BCUT2D eigenvalue weighted by Gasteiger charge is -2.27. The number of anilines is 1. The number of ether oxygens (including phenoxy) is 5. The molecule has 0 aromatic carbocycles. The summed E-state index contributed by atoms with van der Waals surface area (Å²) in [6, 6.07) is 0. The standard InChI is InChI=1S/C19H22N4O10S/c1-7(24)29-6-11(30-8(2)25)13-14(31-9(3)26)15(32-10(4)27)17(33-13)23-16-12(34-19(23)28)5-21-18(20)22-16/h5,11,13-15,17H,6H2,1-4H3,(H2,20,21,22)/t11?,13-,14+,15-,17-/m1/s1. The van der Waals surface area contributed by atoms with Crippen LogP contribution in [0.5, 0.6) is 0 Å². The average molecular weight is 498 g/mol. The Bertz CT molecular complexity index is 1180. The van der Waals surface area contributed by atoms with Crippen LogP contribution in [0.3, 0.4) is 0 Å². The number of aromatic nitrogens is 3. The van der Waals surface area contributed by atoms with E-state index in [-0.39, 0.29) is 11.6 Å². The second kappa shape index (κ2) is 10.1. The molecule has 14 nitrogen and oxygen atoms in total. The Kier molecular flexibility index (Phi) is 7.46. The number of thiazole rings is 1. The molecule has 0 radical (unpaired) electrons. The predicted molar refractivity (Wildman–Crippen MR) is 113 cm³/mol. The fourth-order valence-electron chi connectivity index (χ4n) is 3.50. The molecular weight excluding hydrogens is 476 g/mol. The van der Waals surface area contributed by atoms with Crippen LogP contribution >= 0.6 is 11.3 Å². The maximum atomic E-state index is 12.9. The summed E-state index contributed by atoms with van der Waals surface area (Å²) in [7, 11) is 0. The number of hydrogen-bond acceptors (Lipinski definition) is 14. The highest BCUT2D eigenvalue weighted by molar-refractivity contribution is 7.16. The van der Waals surface area contributed by atoms with E-state index in [4.69, 9.17) is 29.4 Å². The summed E-state index contributed by atoms with van der Waals surface area (Å²) < 4.78 is 28.4. The molecule has 2 aromatic rings. The summed E-state index contributed by atoms with van der Waals surface area (Å²) in [5, 5.41) is 0. The first-order valence-electron chi connectivity index (χ1n) is 9.92. The monoisotopic (exact) mass is 498 g/mol. The Morgan fingerprint density at radius 1 is 1.09 bits per heavy atom. The van der Waals surface area contributed by atoms with E-state index in [0.717, 1.165) is 43.6 Å². The quantitative estimate of drug-likeness (QED) is 0.387. The van der Waals surface area contributed by atoms with E-state index in [0.29, 0.717) is 4.70 Å². The van der Waals surface area contributed by atoms with Crippen LogP contribution in [0.15, 0.2) is 11.0 Å². The maximum absolute atomic E-state index is 12.9. The molecule has 3 rings (SSSR count). The van der Waals surface area contributed by atoms with Crippen LogP contribution in [0.4, 0.5) is 5.95 Å². The number of nitrogen functional groups attached to an aromatic ring is 1. The van der Waals surface area contributed by atoms with Gasteiger partial charge in [-0.15, -0.1) is 0 Å². The third-order valence-corrected chi connectivity index (χ3v) is 5.47. The van der Waals surface area contributed by atoms with Gasteiger partial charge in [0.25, 0.3) is 0 Å². The molecule has 15 heteroatoms. The van der Waals surface area contributed by atoms with Gasteiger partial charge in [-0.25, -0.2) is 4.98 Å². The topological polar surface area (TPSA) is 188 Å². The predicted octanol–water partition coefficient (Wildman–Crippen LogP) is -0.309. The summed E-state index contributed by atoms with van der Waals surface area (Å²) in [6.07, 6.45) is -5.26. The smallest absolute Gasteiger partial charge is 0.311 e. The summed E-state index contributed by atoms with van der Waals surface area (Å²) >= 11 is 0.789. The minimum atomic E-state index is -1.36. The highest BCUT2D eigenvalue weighted by Crippen LogP contribution is 2.37. The number of nitrogens with two attached hydrogens (primary N) is 1. The second-order valence-corrected chi connectivity index (χ2v) is 8.24. The van der Waals surface area contributed by atoms with E-state index in [9.17, 15) is 24.0 Å². The van der Waals surface area contributed by atoms with Gasteiger partial charge in [0.05, 0.1) is 10.9 Å². The van der Waals surface area contributed by atoms with Gasteiger partial charge < -0.3 is 29.4 Å². The number of nitrogens with zero attached hydrogens (tertiary/aromatic N) is 3. The lowest BCUT2D eigenvalue weighted by Crippen LogP contribution is -2.46. The SMILES string of the molecule is CC(=O)OCC(OC(C)=O)[C@H]1O[C@@H](n2c(=O)sc3cnc(N)nc32)[C@H](OC(C)=O)[C@H]1OC(C)=O. The van der Waals surface area contributed by atoms with Gasteiger partial charge in [-0.2, -0.15) is 4.98 Å². The van der Waals surface area contributed by atoms with Crippen molar-refractivity contribution < 1.29 is 42.9 Å². The van der Waals surface area contributed by atoms with Crippen LogP contribution < -0.4 is 10.6 Å². The van der Waals surface area contributed by atoms with Crippen LogP contribution in [0.25, 0.3) is 10.3 Å². The molecule has 5 atom stereocenters. The largest absolute Gasteiger partial charge is 0.462 e. The molecule has 0 saturated carbocycles. The Morgan fingerprint density at radius 3 is 2.32 bits per heavy atom. The number of esters is 4. The van der Waals surface area contributed by atoms with Crippen molar-refractivity contribution in [2.24, 2.45) is 0 Å². The molecule has 1 fully saturated rings. The molecule has 184 valence electrons. The van der Waals surface area contributed by atoms with Crippen molar-refractivity contribution in [2.75, 3.05) is 12.3 Å². The number of carbonyl (C=O) groups is 4. The number of rotatable bonds is 7. The third-order valence-electron chi connectivity index (χ3n) is 4.60. The second-order valence-electron chi connectivity index (χ2n) is 7.24. The first-order chi connectivity index (χ1) is 16.0.